The van der Waals surface area contributed by atoms with Gasteiger partial charge in [0.05, 0.1) is 35.9 Å². The second-order valence-corrected chi connectivity index (χ2v) is 15.1. The summed E-state index contributed by atoms with van der Waals surface area (Å²) in [6.07, 6.45) is 6.87. The summed E-state index contributed by atoms with van der Waals surface area (Å²) < 4.78 is 34.9. The van der Waals surface area contributed by atoms with Gasteiger partial charge in [0.2, 0.25) is 10.0 Å². The molecule has 2 aliphatic carbocycles. The molecule has 232 valence electrons. The Balaban J connectivity index is 1.23. The largest absolute Gasteiger partial charge is 0.490 e. The van der Waals surface area contributed by atoms with Crippen LogP contribution in [0.2, 0.25) is 5.02 Å². The number of ether oxygens (including phenoxy) is 2. The minimum absolute atomic E-state index is 0.0193. The molecule has 0 radical (unpaired) electrons. The van der Waals surface area contributed by atoms with Gasteiger partial charge in [-0.3, -0.25) is 0 Å². The zero-order valence-electron chi connectivity index (χ0n) is 24.8. The smallest absolute Gasteiger partial charge is 0.337 e. The fraction of sp³-hybridized carbons (Fsp3) is 0.562. The van der Waals surface area contributed by atoms with Crippen molar-refractivity contribution < 1.29 is 27.5 Å². The Morgan fingerprint density at radius 2 is 2.09 bits per heavy atom. The molecule has 11 heteroatoms. The van der Waals surface area contributed by atoms with Gasteiger partial charge in [-0.1, -0.05) is 22.8 Å². The van der Waals surface area contributed by atoms with Crippen LogP contribution in [0.15, 0.2) is 41.6 Å². The fourth-order valence-electron chi connectivity index (χ4n) is 7.31. The molecule has 9 nitrogen and oxygen atoms in total. The highest BCUT2D eigenvalue weighted by Crippen LogP contribution is 2.47. The average Bonchev–Trinajstić information content (AvgIpc) is 3.36. The van der Waals surface area contributed by atoms with Crippen molar-refractivity contribution in [2.24, 2.45) is 22.1 Å². The molecule has 2 heterocycles. The Morgan fingerprint density at radius 3 is 2.84 bits per heavy atom. The Labute approximate surface area is 258 Å². The zero-order valence-corrected chi connectivity index (χ0v) is 26.3. The first-order valence-corrected chi connectivity index (χ1v) is 17.2. The Morgan fingerprint density at radius 1 is 1.26 bits per heavy atom. The van der Waals surface area contributed by atoms with E-state index in [0.717, 1.165) is 67.4 Å². The number of esters is 1. The number of methoxy groups -OCH3 is 1. The van der Waals surface area contributed by atoms with Crippen molar-refractivity contribution in [3.05, 3.63) is 58.1 Å². The average molecular weight is 630 g/mol. The summed E-state index contributed by atoms with van der Waals surface area (Å²) in [5.41, 5.74) is 4.68. The Bertz CT molecular complexity index is 1530. The zero-order chi connectivity index (χ0) is 30.4. The molecule has 2 aliphatic heterocycles. The maximum absolute atomic E-state index is 12.5. The molecule has 0 bridgehead atoms. The highest BCUT2D eigenvalue weighted by molar-refractivity contribution is 7.89. The molecule has 6 rings (SSSR count). The van der Waals surface area contributed by atoms with Gasteiger partial charge in [-0.05, 0) is 99.2 Å². The Hall–Kier alpha value is -2.82. The van der Waals surface area contributed by atoms with Gasteiger partial charge in [0, 0.05) is 35.9 Å². The van der Waals surface area contributed by atoms with Gasteiger partial charge in [-0.25, -0.2) is 18.4 Å². The van der Waals surface area contributed by atoms with Crippen molar-refractivity contribution >= 4 is 39.0 Å². The molecule has 0 aromatic heterocycles. The summed E-state index contributed by atoms with van der Waals surface area (Å²) in [7, 11) is -2.16. The highest BCUT2D eigenvalue weighted by atomic mass is 35.5. The molecule has 0 saturated heterocycles. The van der Waals surface area contributed by atoms with Crippen molar-refractivity contribution in [3.8, 4) is 5.75 Å². The molecule has 1 spiro atoms. The third-order valence-electron chi connectivity index (χ3n) is 10.0. The normalized spacial score (nSPS) is 27.1. The van der Waals surface area contributed by atoms with E-state index in [1.807, 2.05) is 18.2 Å². The number of primary sulfonamides is 1. The van der Waals surface area contributed by atoms with E-state index in [0.29, 0.717) is 43.3 Å². The molecule has 2 N–H and O–H groups in total. The van der Waals surface area contributed by atoms with Crippen molar-refractivity contribution in [1.29, 1.82) is 0 Å². The van der Waals surface area contributed by atoms with Crippen LogP contribution in [0.5, 0.6) is 5.75 Å². The van der Waals surface area contributed by atoms with Crippen molar-refractivity contribution in [2.75, 3.05) is 31.7 Å². The molecule has 1 fully saturated rings. The third kappa shape index (κ3) is 6.11. The monoisotopic (exact) mass is 629 g/mol. The number of halogens is 1. The number of carbonyl (C=O) groups excluding carboxylic acids is 1. The number of aryl methyl sites for hydroxylation is 1. The third-order valence-corrected chi connectivity index (χ3v) is 11.6. The van der Waals surface area contributed by atoms with E-state index < -0.39 is 15.3 Å². The molecule has 2 aromatic carbocycles. The van der Waals surface area contributed by atoms with Crippen LogP contribution in [0, 0.1) is 11.8 Å². The van der Waals surface area contributed by atoms with Crippen LogP contribution >= 0.6 is 11.6 Å². The highest BCUT2D eigenvalue weighted by Gasteiger charge is 2.46. The first-order chi connectivity index (χ1) is 20.6. The maximum Gasteiger partial charge on any atom is 0.337 e. The molecule has 0 amide bonds. The van der Waals surface area contributed by atoms with E-state index in [9.17, 15) is 13.2 Å². The van der Waals surface area contributed by atoms with Gasteiger partial charge in [-0.2, -0.15) is 0 Å². The number of anilines is 1. The number of nitrogens with two attached hydrogens (primary N) is 1. The second-order valence-electron chi connectivity index (χ2n) is 12.7. The lowest BCUT2D eigenvalue weighted by molar-refractivity contribution is -0.0213. The number of sulfonamides is 1. The van der Waals surface area contributed by atoms with Gasteiger partial charge in [-0.15, -0.1) is 0 Å². The minimum atomic E-state index is -3.56. The SMILES string of the molecule is COC(=O)c1ccc2c(c1)N(C[C@@H]1CC[C@H]1[C@@H]1CC(CC[C@@H](C)S(N)(=O)=O)=NO1)CC1(CCCc3cc(Cl)ccc31)CO2. The van der Waals surface area contributed by atoms with Gasteiger partial charge in [0.25, 0.3) is 0 Å². The van der Waals surface area contributed by atoms with Crippen molar-refractivity contribution in [3.63, 3.8) is 0 Å². The summed E-state index contributed by atoms with van der Waals surface area (Å²) in [6, 6.07) is 11.8. The summed E-state index contributed by atoms with van der Waals surface area (Å²) in [5, 5.41) is 9.77. The first kappa shape index (κ1) is 30.2. The summed E-state index contributed by atoms with van der Waals surface area (Å²) in [6.45, 7) is 3.75. The van der Waals surface area contributed by atoms with Gasteiger partial charge >= 0.3 is 5.97 Å². The molecule has 43 heavy (non-hydrogen) atoms. The van der Waals surface area contributed by atoms with Crippen LogP contribution in [-0.4, -0.2) is 58.3 Å². The number of benzene rings is 2. The Kier molecular flexibility index (Phi) is 8.39. The van der Waals surface area contributed by atoms with Gasteiger partial charge in [0.15, 0.2) is 0 Å². The summed E-state index contributed by atoms with van der Waals surface area (Å²) in [5.74, 6) is 1.11. The second kappa shape index (κ2) is 11.9. The molecule has 4 aliphatic rings. The lowest BCUT2D eigenvalue weighted by Crippen LogP contribution is -2.49. The number of hydrogen-bond donors (Lipinski definition) is 1. The number of carbonyl (C=O) groups is 1. The fourth-order valence-corrected chi connectivity index (χ4v) is 7.95. The first-order valence-electron chi connectivity index (χ1n) is 15.2. The van der Waals surface area contributed by atoms with Crippen molar-refractivity contribution in [1.82, 2.24) is 0 Å². The van der Waals surface area contributed by atoms with Crippen LogP contribution in [0.1, 0.15) is 73.4 Å². The van der Waals surface area contributed by atoms with Crippen LogP contribution < -0.4 is 14.8 Å². The van der Waals surface area contributed by atoms with Gasteiger partial charge in [0.1, 0.15) is 11.9 Å². The van der Waals surface area contributed by atoms with E-state index >= 15 is 0 Å². The lowest BCUT2D eigenvalue weighted by atomic mass is 9.68. The number of rotatable bonds is 8. The number of oxime groups is 1. The molecule has 5 atom stereocenters. The van der Waals surface area contributed by atoms with Crippen LogP contribution in [0.3, 0.4) is 0 Å². The van der Waals surface area contributed by atoms with Crippen LogP contribution in [0.25, 0.3) is 0 Å². The standard InChI is InChI=1S/C32H40ClN3O6S/c1-20(43(34,38)39)5-9-25-16-30(42-35-25)26-10-6-23(26)17-36-18-32(13-3-4-21-14-24(33)8-11-27(21)32)19-41-29-12-7-22(15-28(29)36)31(37)40-2/h7-8,11-12,14-15,20,23,26,30H,3-6,9-10,13,16-19H2,1-2H3,(H2,34,38,39)/t20-,23+,26-,30+,32?/m1/s1. The molecular weight excluding hydrogens is 590 g/mol. The molecular formula is C32H40ClN3O6S. The number of hydrogen-bond acceptors (Lipinski definition) is 8. The summed E-state index contributed by atoms with van der Waals surface area (Å²) in [4.78, 5) is 20.9. The number of fused-ring (bicyclic) bond motifs is 3. The quantitative estimate of drug-likeness (QED) is 0.397. The summed E-state index contributed by atoms with van der Waals surface area (Å²) >= 11 is 6.40. The van der Waals surface area contributed by atoms with Gasteiger partial charge < -0.3 is 19.2 Å². The van der Waals surface area contributed by atoms with E-state index in [1.54, 1.807) is 13.0 Å². The predicted molar refractivity (Wildman–Crippen MR) is 166 cm³/mol. The topological polar surface area (TPSA) is 121 Å². The predicted octanol–water partition coefficient (Wildman–Crippen LogP) is 5.23. The maximum atomic E-state index is 12.5. The molecule has 2 aromatic rings. The van der Waals surface area contributed by atoms with E-state index in [4.69, 9.17) is 31.1 Å². The van der Waals surface area contributed by atoms with Crippen LogP contribution in [0.4, 0.5) is 5.69 Å². The number of nitrogens with zero attached hydrogens (tertiary/aromatic N) is 2. The molecule has 1 saturated carbocycles. The minimum Gasteiger partial charge on any atom is -0.490 e. The van der Waals surface area contributed by atoms with E-state index in [-0.39, 0.29) is 17.5 Å². The molecule has 1 unspecified atom stereocenters. The van der Waals surface area contributed by atoms with Crippen molar-refractivity contribution in [2.45, 2.75) is 75.1 Å². The van der Waals surface area contributed by atoms with Crippen LogP contribution in [-0.2, 0) is 31.4 Å². The lowest BCUT2D eigenvalue weighted by Gasteiger charge is -2.45. The van der Waals surface area contributed by atoms with E-state index in [2.05, 4.69) is 22.2 Å². The van der Waals surface area contributed by atoms with E-state index in [1.165, 1.54) is 18.2 Å².